The lowest BCUT2D eigenvalue weighted by Crippen LogP contribution is -2.42. The maximum Gasteiger partial charge on any atom is 0.402 e. The van der Waals surface area contributed by atoms with E-state index in [1.807, 2.05) is 57.2 Å². The molecule has 3 heteroatoms. The van der Waals surface area contributed by atoms with E-state index in [9.17, 15) is 13.2 Å². The smallest absolute Gasteiger partial charge is 0.170 e. The molecule has 0 saturated heterocycles. The van der Waals surface area contributed by atoms with Gasteiger partial charge in [-0.2, -0.15) is 13.2 Å². The molecule has 0 bridgehead atoms. The van der Waals surface area contributed by atoms with Crippen LogP contribution in [-0.4, -0.2) is 6.18 Å². The Kier molecular flexibility index (Phi) is 4.37. The summed E-state index contributed by atoms with van der Waals surface area (Å²) in [5.74, 6) is -0.281. The Morgan fingerprint density at radius 3 is 1.96 bits per heavy atom. The van der Waals surface area contributed by atoms with Crippen molar-refractivity contribution in [3.8, 4) is 0 Å². The molecule has 0 saturated carbocycles. The highest BCUT2D eigenvalue weighted by Crippen LogP contribution is 2.61. The summed E-state index contributed by atoms with van der Waals surface area (Å²) < 4.78 is 44.6. The van der Waals surface area contributed by atoms with Crippen LogP contribution in [-0.2, 0) is 5.41 Å². The largest absolute Gasteiger partial charge is 0.402 e. The molecule has 0 spiro atoms. The normalized spacial score (nSPS) is 21.6. The molecule has 0 N–H and O–H groups in total. The second-order valence-electron chi connectivity index (χ2n) is 7.86. The molecule has 0 amide bonds. The van der Waals surface area contributed by atoms with E-state index in [2.05, 4.69) is 0 Å². The fourth-order valence-electron chi connectivity index (χ4n) is 5.01. The number of benzene rings is 3. The number of rotatable bonds is 2. The molecule has 0 aromatic heterocycles. The standard InChI is InChI=1S/C25H23F3/c1-16-14-17(2)23-22(18(16)3)21(19-10-6-4-7-11-19)15-24(23,25(26,27)28)20-12-8-5-9-13-20/h4-14,21H,15H2,1-3H3/t21-,24-/m1/s1. The second-order valence-corrected chi connectivity index (χ2v) is 7.86. The molecule has 3 aromatic carbocycles. The molecule has 0 nitrogen and oxygen atoms in total. The van der Waals surface area contributed by atoms with Crippen molar-refractivity contribution in [2.24, 2.45) is 0 Å². The summed E-state index contributed by atoms with van der Waals surface area (Å²) in [5, 5.41) is 0. The summed E-state index contributed by atoms with van der Waals surface area (Å²) in [4.78, 5) is 0. The molecule has 1 aliphatic rings. The van der Waals surface area contributed by atoms with Gasteiger partial charge in [0.1, 0.15) is 5.41 Å². The first kappa shape index (κ1) is 18.8. The van der Waals surface area contributed by atoms with Crippen LogP contribution >= 0.6 is 0 Å². The molecule has 1 aliphatic carbocycles. The lowest BCUT2D eigenvalue weighted by molar-refractivity contribution is -0.178. The number of hydrogen-bond acceptors (Lipinski definition) is 0. The summed E-state index contributed by atoms with van der Waals surface area (Å²) in [7, 11) is 0. The molecule has 0 aliphatic heterocycles. The Morgan fingerprint density at radius 2 is 1.39 bits per heavy atom. The third-order valence-corrected chi connectivity index (χ3v) is 6.33. The lowest BCUT2D eigenvalue weighted by atomic mass is 9.72. The first-order valence-electron chi connectivity index (χ1n) is 9.55. The van der Waals surface area contributed by atoms with Crippen LogP contribution in [0.4, 0.5) is 13.2 Å². The van der Waals surface area contributed by atoms with Crippen LogP contribution in [0, 0.1) is 20.8 Å². The van der Waals surface area contributed by atoms with Crippen LogP contribution in [0.3, 0.4) is 0 Å². The SMILES string of the molecule is Cc1cc(C)c2c(c1C)[C@@H](c1ccccc1)C[C@]2(c1ccccc1)C(F)(F)F. The molecule has 0 fully saturated rings. The lowest BCUT2D eigenvalue weighted by Gasteiger charge is -2.35. The van der Waals surface area contributed by atoms with Crippen LogP contribution in [0.25, 0.3) is 0 Å². The van der Waals surface area contributed by atoms with Crippen molar-refractivity contribution < 1.29 is 13.2 Å². The van der Waals surface area contributed by atoms with E-state index in [1.54, 1.807) is 30.3 Å². The molecule has 3 aromatic rings. The zero-order valence-corrected chi connectivity index (χ0v) is 16.3. The van der Waals surface area contributed by atoms with Crippen molar-refractivity contribution in [3.63, 3.8) is 0 Å². The third kappa shape index (κ3) is 2.60. The molecule has 144 valence electrons. The van der Waals surface area contributed by atoms with Crippen molar-refractivity contribution in [3.05, 3.63) is 106 Å². The maximum atomic E-state index is 14.9. The van der Waals surface area contributed by atoms with Gasteiger partial charge in [0.15, 0.2) is 0 Å². The van der Waals surface area contributed by atoms with Crippen LogP contribution in [0.2, 0.25) is 0 Å². The summed E-state index contributed by atoms with van der Waals surface area (Å²) in [6.45, 7) is 5.77. The van der Waals surface area contributed by atoms with Gasteiger partial charge in [0.25, 0.3) is 0 Å². The summed E-state index contributed by atoms with van der Waals surface area (Å²) in [6.07, 6.45) is -4.38. The predicted molar refractivity (Wildman–Crippen MR) is 107 cm³/mol. The first-order chi connectivity index (χ1) is 13.3. The van der Waals surface area contributed by atoms with Crippen LogP contribution < -0.4 is 0 Å². The average Bonchev–Trinajstić information content (AvgIpc) is 3.06. The minimum absolute atomic E-state index is 0.00495. The van der Waals surface area contributed by atoms with Crippen molar-refractivity contribution in [1.82, 2.24) is 0 Å². The Morgan fingerprint density at radius 1 is 0.821 bits per heavy atom. The molecule has 28 heavy (non-hydrogen) atoms. The van der Waals surface area contributed by atoms with Gasteiger partial charge >= 0.3 is 6.18 Å². The summed E-state index contributed by atoms with van der Waals surface area (Å²) in [5.41, 5.74) is 3.31. The minimum atomic E-state index is -4.39. The number of halogens is 3. The Balaban J connectivity index is 2.11. The van der Waals surface area contributed by atoms with E-state index < -0.39 is 11.6 Å². The summed E-state index contributed by atoms with van der Waals surface area (Å²) >= 11 is 0. The second kappa shape index (κ2) is 6.51. The first-order valence-corrected chi connectivity index (χ1v) is 9.55. The van der Waals surface area contributed by atoms with Gasteiger partial charge in [-0.3, -0.25) is 0 Å². The quantitative estimate of drug-likeness (QED) is 0.449. The van der Waals surface area contributed by atoms with Gasteiger partial charge in [-0.25, -0.2) is 0 Å². The minimum Gasteiger partial charge on any atom is -0.170 e. The summed E-state index contributed by atoms with van der Waals surface area (Å²) in [6, 6.07) is 19.9. The van der Waals surface area contributed by atoms with Gasteiger partial charge in [-0.1, -0.05) is 66.7 Å². The molecular formula is C25H23F3. The fraction of sp³-hybridized carbons (Fsp3) is 0.280. The highest BCUT2D eigenvalue weighted by molar-refractivity contribution is 5.61. The number of aryl methyl sites for hydroxylation is 2. The molecule has 0 heterocycles. The van der Waals surface area contributed by atoms with Crippen molar-refractivity contribution >= 4 is 0 Å². The molecule has 2 atom stereocenters. The van der Waals surface area contributed by atoms with Crippen molar-refractivity contribution in [2.45, 2.75) is 44.7 Å². The van der Waals surface area contributed by atoms with Crippen LogP contribution in [0.5, 0.6) is 0 Å². The topological polar surface area (TPSA) is 0 Å². The van der Waals surface area contributed by atoms with E-state index >= 15 is 0 Å². The van der Waals surface area contributed by atoms with Gasteiger partial charge in [0.05, 0.1) is 0 Å². The fourth-order valence-corrected chi connectivity index (χ4v) is 5.01. The van der Waals surface area contributed by atoms with E-state index in [1.165, 1.54) is 0 Å². The number of fused-ring (bicyclic) bond motifs is 1. The molecular weight excluding hydrogens is 357 g/mol. The van der Waals surface area contributed by atoms with Gasteiger partial charge in [0, 0.05) is 5.92 Å². The zero-order chi connectivity index (χ0) is 20.1. The predicted octanol–water partition coefficient (Wildman–Crippen LogP) is 7.00. The van der Waals surface area contributed by atoms with Gasteiger partial charge in [0.2, 0.25) is 0 Å². The zero-order valence-electron chi connectivity index (χ0n) is 16.3. The van der Waals surface area contributed by atoms with E-state index in [4.69, 9.17) is 0 Å². The van der Waals surface area contributed by atoms with E-state index in [0.717, 1.165) is 27.8 Å². The Hall–Kier alpha value is -2.55. The van der Waals surface area contributed by atoms with Crippen molar-refractivity contribution in [2.75, 3.05) is 0 Å². The van der Waals surface area contributed by atoms with E-state index in [-0.39, 0.29) is 12.3 Å². The van der Waals surface area contributed by atoms with Crippen molar-refractivity contribution in [1.29, 1.82) is 0 Å². The molecule has 4 rings (SSSR count). The Bertz CT molecular complexity index is 1000. The molecule has 0 unspecified atom stereocenters. The average molecular weight is 380 g/mol. The van der Waals surface area contributed by atoms with E-state index in [0.29, 0.717) is 11.1 Å². The monoisotopic (exact) mass is 380 g/mol. The number of alkyl halides is 3. The van der Waals surface area contributed by atoms with Crippen LogP contribution in [0.1, 0.15) is 51.3 Å². The highest BCUT2D eigenvalue weighted by atomic mass is 19.4. The van der Waals surface area contributed by atoms with Gasteiger partial charge in [-0.05, 0) is 66.1 Å². The van der Waals surface area contributed by atoms with Gasteiger partial charge in [-0.15, -0.1) is 0 Å². The Labute approximate surface area is 164 Å². The maximum absolute atomic E-state index is 14.9. The molecule has 0 radical (unpaired) electrons. The highest BCUT2D eigenvalue weighted by Gasteiger charge is 2.62. The third-order valence-electron chi connectivity index (χ3n) is 6.33. The van der Waals surface area contributed by atoms with Gasteiger partial charge < -0.3 is 0 Å². The van der Waals surface area contributed by atoms with Crippen LogP contribution in [0.15, 0.2) is 66.7 Å². The number of hydrogen-bond donors (Lipinski definition) is 0.